The zero-order chi connectivity index (χ0) is 34.8. The van der Waals surface area contributed by atoms with Gasteiger partial charge >= 0.3 is 5.97 Å². The molecule has 1 saturated carbocycles. The summed E-state index contributed by atoms with van der Waals surface area (Å²) < 4.78 is 28.7. The summed E-state index contributed by atoms with van der Waals surface area (Å²) >= 11 is 0. The van der Waals surface area contributed by atoms with Crippen molar-refractivity contribution in [3.63, 3.8) is 0 Å². The number of nitrogens with one attached hydrogen (secondary N) is 2. The molecule has 4 aromatic carbocycles. The van der Waals surface area contributed by atoms with E-state index in [1.165, 1.54) is 54.1 Å². The number of aliphatic carboxylic acids is 1. The molecule has 5 rings (SSSR count). The van der Waals surface area contributed by atoms with Gasteiger partial charge in [-0.15, -0.1) is 0 Å². The number of sulfonamides is 1. The largest absolute Gasteiger partial charge is 0.481 e. The van der Waals surface area contributed by atoms with Gasteiger partial charge in [-0.2, -0.15) is 0 Å². The van der Waals surface area contributed by atoms with E-state index in [2.05, 4.69) is 22.8 Å². The number of hydrogen-bond donors (Lipinski definition) is 3. The van der Waals surface area contributed by atoms with Crippen molar-refractivity contribution in [1.29, 1.82) is 0 Å². The molecule has 0 aliphatic heterocycles. The molecule has 4 aromatic rings. The Morgan fingerprint density at radius 3 is 2.20 bits per heavy atom. The first-order valence-corrected chi connectivity index (χ1v) is 18.3. The molecular formula is C39H43N3O6S. The fraction of sp³-hybridized carbons (Fsp3) is 0.308. The van der Waals surface area contributed by atoms with E-state index >= 15 is 0 Å². The molecule has 9 nitrogen and oxygen atoms in total. The molecule has 49 heavy (non-hydrogen) atoms. The van der Waals surface area contributed by atoms with E-state index in [4.69, 9.17) is 5.11 Å². The maximum absolute atomic E-state index is 14.0. The van der Waals surface area contributed by atoms with Gasteiger partial charge in [-0.05, 0) is 91.3 Å². The molecule has 1 aliphatic carbocycles. The first-order valence-electron chi connectivity index (χ1n) is 16.8. The molecular weight excluding hydrogens is 639 g/mol. The Hall–Kier alpha value is -4.96. The number of anilines is 2. The molecule has 10 heteroatoms. The van der Waals surface area contributed by atoms with Crippen LogP contribution in [0.2, 0.25) is 0 Å². The van der Waals surface area contributed by atoms with Crippen molar-refractivity contribution < 1.29 is 27.9 Å². The molecule has 0 saturated heterocycles. The molecule has 1 atom stereocenters. The summed E-state index contributed by atoms with van der Waals surface area (Å²) in [5.74, 6) is -1.73. The van der Waals surface area contributed by atoms with Crippen LogP contribution in [0.1, 0.15) is 84.3 Å². The minimum atomic E-state index is -3.90. The summed E-state index contributed by atoms with van der Waals surface area (Å²) in [7, 11) is -3.90. The lowest BCUT2D eigenvalue weighted by Gasteiger charge is -2.24. The van der Waals surface area contributed by atoms with Crippen LogP contribution in [0.4, 0.5) is 11.4 Å². The predicted molar refractivity (Wildman–Crippen MR) is 191 cm³/mol. The van der Waals surface area contributed by atoms with Gasteiger partial charge in [-0.3, -0.25) is 18.7 Å². The highest BCUT2D eigenvalue weighted by Crippen LogP contribution is 2.34. The fourth-order valence-corrected chi connectivity index (χ4v) is 7.91. The van der Waals surface area contributed by atoms with Crippen LogP contribution in [-0.2, 0) is 26.0 Å². The van der Waals surface area contributed by atoms with Gasteiger partial charge in [0.2, 0.25) is 5.91 Å². The second kappa shape index (κ2) is 16.4. The Balaban J connectivity index is 1.38. The van der Waals surface area contributed by atoms with Crippen LogP contribution >= 0.6 is 0 Å². The van der Waals surface area contributed by atoms with Gasteiger partial charge in [0.1, 0.15) is 0 Å². The normalized spacial score (nSPS) is 14.1. The second-order valence-electron chi connectivity index (χ2n) is 12.4. The van der Waals surface area contributed by atoms with Crippen molar-refractivity contribution in [2.75, 3.05) is 22.7 Å². The summed E-state index contributed by atoms with van der Waals surface area (Å²) in [6.45, 7) is 2.05. The average Bonchev–Trinajstić information content (AvgIpc) is 3.12. The lowest BCUT2D eigenvalue weighted by Crippen LogP contribution is -2.30. The van der Waals surface area contributed by atoms with E-state index in [0.29, 0.717) is 29.3 Å². The Morgan fingerprint density at radius 2 is 1.55 bits per heavy atom. The van der Waals surface area contributed by atoms with Crippen LogP contribution in [0.15, 0.2) is 108 Å². The number of para-hydroxylation sites is 1. The number of amides is 2. The summed E-state index contributed by atoms with van der Waals surface area (Å²) in [4.78, 5) is 37.4. The minimum absolute atomic E-state index is 0.0280. The first-order chi connectivity index (χ1) is 23.7. The molecule has 2 amide bonds. The number of carbonyl (C=O) groups is 3. The van der Waals surface area contributed by atoms with Crippen LogP contribution in [0.5, 0.6) is 0 Å². The predicted octanol–water partition coefficient (Wildman–Crippen LogP) is 7.12. The molecule has 1 unspecified atom stereocenters. The molecule has 0 aromatic heterocycles. The smallest absolute Gasteiger partial charge is 0.305 e. The molecule has 0 bridgehead atoms. The van der Waals surface area contributed by atoms with Gasteiger partial charge in [-0.1, -0.05) is 79.9 Å². The second-order valence-corrected chi connectivity index (χ2v) is 14.2. The maximum Gasteiger partial charge on any atom is 0.305 e. The van der Waals surface area contributed by atoms with E-state index in [9.17, 15) is 22.8 Å². The molecule has 1 fully saturated rings. The number of carbonyl (C=O) groups excluding carboxylic acids is 2. The zero-order valence-corrected chi connectivity index (χ0v) is 28.5. The molecule has 0 radical (unpaired) electrons. The first kappa shape index (κ1) is 35.3. The van der Waals surface area contributed by atoms with Gasteiger partial charge in [0.25, 0.3) is 15.9 Å². The zero-order valence-electron chi connectivity index (χ0n) is 27.7. The average molecular weight is 682 g/mol. The minimum Gasteiger partial charge on any atom is -0.481 e. The van der Waals surface area contributed by atoms with Crippen molar-refractivity contribution in [3.8, 4) is 0 Å². The topological polar surface area (TPSA) is 133 Å². The highest BCUT2D eigenvalue weighted by molar-refractivity contribution is 7.92. The van der Waals surface area contributed by atoms with E-state index in [1.54, 1.807) is 67.6 Å². The molecule has 1 aliphatic rings. The van der Waals surface area contributed by atoms with Crippen LogP contribution < -0.4 is 14.9 Å². The number of carboxylic acids is 1. The SMILES string of the molecule is CCN(c1ccccc1)S(=O)(=O)c1cccc(NC(=O)C(Cc2ccc(C(=O)NCCC(=O)O)cc2)c2ccc(C3CCCCC3)cc2)c1. The molecule has 3 N–H and O–H groups in total. The summed E-state index contributed by atoms with van der Waals surface area (Å²) in [5, 5.41) is 14.4. The molecule has 256 valence electrons. The van der Waals surface area contributed by atoms with Crippen molar-refractivity contribution >= 4 is 39.2 Å². The third-order valence-corrected chi connectivity index (χ3v) is 10.9. The van der Waals surface area contributed by atoms with E-state index in [0.717, 1.165) is 11.1 Å². The third kappa shape index (κ3) is 9.14. The van der Waals surface area contributed by atoms with Crippen molar-refractivity contribution in [1.82, 2.24) is 5.32 Å². The van der Waals surface area contributed by atoms with E-state index in [1.807, 2.05) is 18.2 Å². The summed E-state index contributed by atoms with van der Waals surface area (Å²) in [6.07, 6.45) is 6.22. The van der Waals surface area contributed by atoms with E-state index in [-0.39, 0.29) is 36.2 Å². The Labute approximate surface area is 288 Å². The van der Waals surface area contributed by atoms with Gasteiger partial charge in [0, 0.05) is 24.3 Å². The van der Waals surface area contributed by atoms with Gasteiger partial charge in [0.05, 0.1) is 22.9 Å². The van der Waals surface area contributed by atoms with Crippen molar-refractivity contribution in [2.45, 2.75) is 68.6 Å². The highest BCUT2D eigenvalue weighted by Gasteiger charge is 2.26. The van der Waals surface area contributed by atoms with Crippen LogP contribution in [0.3, 0.4) is 0 Å². The van der Waals surface area contributed by atoms with Gasteiger partial charge in [-0.25, -0.2) is 8.42 Å². The van der Waals surface area contributed by atoms with Crippen LogP contribution in [0.25, 0.3) is 0 Å². The summed E-state index contributed by atoms with van der Waals surface area (Å²) in [5.41, 5.74) is 4.25. The Morgan fingerprint density at radius 1 is 0.857 bits per heavy atom. The Kier molecular flexibility index (Phi) is 11.9. The standard InChI is InChI=1S/C39H43N3O6S/c1-2-42(34-13-7-4-8-14-34)49(47,48)35-15-9-12-33(27-35)41-39(46)36(31-22-20-30(21-23-31)29-10-5-3-6-11-29)26-28-16-18-32(19-17-28)38(45)40-25-24-37(43)44/h4,7-9,12-23,27,29,36H,2-3,5-6,10-11,24-26H2,1H3,(H,40,45)(H,41,46)(H,43,44). The highest BCUT2D eigenvalue weighted by atomic mass is 32.2. The summed E-state index contributed by atoms with van der Waals surface area (Å²) in [6, 6.07) is 30.4. The number of benzene rings is 4. The van der Waals surface area contributed by atoms with Gasteiger partial charge in [0.15, 0.2) is 0 Å². The molecule has 0 spiro atoms. The number of nitrogens with zero attached hydrogens (tertiary/aromatic N) is 1. The number of hydrogen-bond acceptors (Lipinski definition) is 5. The lowest BCUT2D eigenvalue weighted by molar-refractivity contribution is -0.136. The van der Waals surface area contributed by atoms with Crippen molar-refractivity contribution in [2.24, 2.45) is 0 Å². The van der Waals surface area contributed by atoms with Gasteiger partial charge < -0.3 is 15.7 Å². The van der Waals surface area contributed by atoms with Crippen LogP contribution in [0, 0.1) is 0 Å². The van der Waals surface area contributed by atoms with Crippen molar-refractivity contribution in [3.05, 3.63) is 125 Å². The Bertz CT molecular complexity index is 1840. The molecule has 0 heterocycles. The van der Waals surface area contributed by atoms with E-state index < -0.39 is 21.9 Å². The number of carboxylic acid groups (broad SMARTS) is 1. The van der Waals surface area contributed by atoms with Crippen LogP contribution in [-0.4, -0.2) is 44.4 Å². The number of rotatable bonds is 14. The lowest BCUT2D eigenvalue weighted by atomic mass is 9.83. The monoisotopic (exact) mass is 681 g/mol. The maximum atomic E-state index is 14.0. The fourth-order valence-electron chi connectivity index (χ4n) is 6.39. The quantitative estimate of drug-likeness (QED) is 0.130. The third-order valence-electron chi connectivity index (χ3n) is 9.03.